The standard InChI is InChI=1S/C16H28N4S.HI/c1-16(2,3)14-19-13(11-21-14)10-18-15(17)20-12-8-6-4-5-7-9-12;/h11-12H,4-10H2,1-3H3,(H3,17,18,20);1H. The maximum absolute atomic E-state index is 6.01. The summed E-state index contributed by atoms with van der Waals surface area (Å²) in [5, 5.41) is 6.61. The summed E-state index contributed by atoms with van der Waals surface area (Å²) in [6.07, 6.45) is 7.72. The van der Waals surface area contributed by atoms with Crippen LogP contribution in [-0.2, 0) is 12.0 Å². The van der Waals surface area contributed by atoms with Gasteiger partial charge in [-0.15, -0.1) is 35.3 Å². The molecule has 0 bridgehead atoms. The van der Waals surface area contributed by atoms with Gasteiger partial charge in [0.25, 0.3) is 0 Å². The van der Waals surface area contributed by atoms with Gasteiger partial charge in [-0.2, -0.15) is 0 Å². The molecular formula is C16H29IN4S. The van der Waals surface area contributed by atoms with Crippen LogP contribution in [0, 0.1) is 0 Å². The maximum Gasteiger partial charge on any atom is 0.189 e. The Bertz CT molecular complexity index is 471. The number of aromatic nitrogens is 1. The van der Waals surface area contributed by atoms with Gasteiger partial charge in [-0.3, -0.25) is 0 Å². The third-order valence-corrected chi connectivity index (χ3v) is 5.13. The topological polar surface area (TPSA) is 63.3 Å². The molecule has 2 rings (SSSR count). The minimum Gasteiger partial charge on any atom is -0.370 e. The molecule has 1 heterocycles. The van der Waals surface area contributed by atoms with E-state index in [1.54, 1.807) is 11.3 Å². The van der Waals surface area contributed by atoms with E-state index in [0.717, 1.165) is 10.7 Å². The van der Waals surface area contributed by atoms with Crippen LogP contribution >= 0.6 is 35.3 Å². The Morgan fingerprint density at radius 3 is 2.50 bits per heavy atom. The highest BCUT2D eigenvalue weighted by Gasteiger charge is 2.18. The van der Waals surface area contributed by atoms with Crippen LogP contribution in [0.5, 0.6) is 0 Å². The second-order valence-electron chi connectivity index (χ2n) is 6.93. The van der Waals surface area contributed by atoms with Crippen molar-refractivity contribution in [1.29, 1.82) is 0 Å². The van der Waals surface area contributed by atoms with Crippen molar-refractivity contribution in [3.63, 3.8) is 0 Å². The monoisotopic (exact) mass is 436 g/mol. The molecule has 4 nitrogen and oxygen atoms in total. The summed E-state index contributed by atoms with van der Waals surface area (Å²) in [4.78, 5) is 9.09. The van der Waals surface area contributed by atoms with Crippen molar-refractivity contribution in [2.24, 2.45) is 10.7 Å². The molecule has 3 N–H and O–H groups in total. The van der Waals surface area contributed by atoms with E-state index in [2.05, 4.69) is 41.4 Å². The summed E-state index contributed by atoms with van der Waals surface area (Å²) in [6.45, 7) is 7.11. The lowest BCUT2D eigenvalue weighted by Gasteiger charge is -2.16. The van der Waals surface area contributed by atoms with Crippen molar-refractivity contribution in [1.82, 2.24) is 10.3 Å². The van der Waals surface area contributed by atoms with Gasteiger partial charge in [-0.05, 0) is 12.8 Å². The van der Waals surface area contributed by atoms with E-state index in [4.69, 9.17) is 5.73 Å². The Morgan fingerprint density at radius 1 is 1.32 bits per heavy atom. The van der Waals surface area contributed by atoms with Gasteiger partial charge < -0.3 is 11.1 Å². The lowest BCUT2D eigenvalue weighted by atomic mass is 9.98. The van der Waals surface area contributed by atoms with E-state index >= 15 is 0 Å². The predicted octanol–water partition coefficient (Wildman–Crippen LogP) is 4.19. The molecule has 0 amide bonds. The number of thiazole rings is 1. The molecule has 6 heteroatoms. The van der Waals surface area contributed by atoms with E-state index in [1.165, 1.54) is 38.5 Å². The number of guanidine groups is 1. The minimum atomic E-state index is 0. The predicted molar refractivity (Wildman–Crippen MR) is 106 cm³/mol. The molecule has 22 heavy (non-hydrogen) atoms. The fourth-order valence-electron chi connectivity index (χ4n) is 2.57. The van der Waals surface area contributed by atoms with Crippen molar-refractivity contribution >= 4 is 41.3 Å². The minimum absolute atomic E-state index is 0. The molecule has 0 saturated heterocycles. The zero-order valence-electron chi connectivity index (χ0n) is 13.9. The first-order chi connectivity index (χ1) is 9.95. The average Bonchev–Trinajstić information content (AvgIpc) is 2.76. The number of nitrogens with zero attached hydrogens (tertiary/aromatic N) is 2. The molecule has 1 aliphatic rings. The van der Waals surface area contributed by atoms with Gasteiger partial charge in [0, 0.05) is 16.8 Å². The molecule has 0 spiro atoms. The van der Waals surface area contributed by atoms with Crippen LogP contribution in [-0.4, -0.2) is 17.0 Å². The Kier molecular flexibility index (Phi) is 8.10. The summed E-state index contributed by atoms with van der Waals surface area (Å²) in [6, 6.07) is 0.497. The van der Waals surface area contributed by atoms with Crippen LogP contribution in [0.25, 0.3) is 0 Å². The molecule has 1 aromatic rings. The van der Waals surface area contributed by atoms with E-state index in [0.29, 0.717) is 18.5 Å². The molecule has 126 valence electrons. The first kappa shape index (κ1) is 19.7. The zero-order chi connectivity index (χ0) is 15.3. The van der Waals surface area contributed by atoms with Gasteiger partial charge in [0.1, 0.15) is 0 Å². The first-order valence-electron chi connectivity index (χ1n) is 7.96. The number of rotatable bonds is 3. The quantitative estimate of drug-likeness (QED) is 0.323. The summed E-state index contributed by atoms with van der Waals surface area (Å²) >= 11 is 1.70. The summed E-state index contributed by atoms with van der Waals surface area (Å²) in [5.41, 5.74) is 7.13. The maximum atomic E-state index is 6.01. The lowest BCUT2D eigenvalue weighted by Crippen LogP contribution is -2.39. The van der Waals surface area contributed by atoms with Crippen LogP contribution in [0.2, 0.25) is 0 Å². The van der Waals surface area contributed by atoms with E-state index in [9.17, 15) is 0 Å². The molecule has 1 fully saturated rings. The average molecular weight is 436 g/mol. The normalized spacial score (nSPS) is 17.7. The molecule has 1 aliphatic carbocycles. The van der Waals surface area contributed by atoms with Gasteiger partial charge >= 0.3 is 0 Å². The van der Waals surface area contributed by atoms with Gasteiger partial charge in [0.2, 0.25) is 0 Å². The lowest BCUT2D eigenvalue weighted by molar-refractivity contribution is 0.530. The Morgan fingerprint density at radius 2 is 1.95 bits per heavy atom. The summed E-state index contributed by atoms with van der Waals surface area (Å²) in [5.74, 6) is 0.562. The first-order valence-corrected chi connectivity index (χ1v) is 8.84. The molecule has 1 aromatic heterocycles. The van der Waals surface area contributed by atoms with Crippen molar-refractivity contribution < 1.29 is 0 Å². The molecule has 0 aliphatic heterocycles. The fourth-order valence-corrected chi connectivity index (χ4v) is 3.47. The number of nitrogens with two attached hydrogens (primary N) is 1. The van der Waals surface area contributed by atoms with E-state index < -0.39 is 0 Å². The summed E-state index contributed by atoms with van der Waals surface area (Å²) < 4.78 is 0. The second kappa shape index (κ2) is 9.05. The van der Waals surface area contributed by atoms with Gasteiger partial charge in [0.15, 0.2) is 5.96 Å². The highest BCUT2D eigenvalue weighted by atomic mass is 127. The highest BCUT2D eigenvalue weighted by Crippen LogP contribution is 2.25. The van der Waals surface area contributed by atoms with Crippen molar-refractivity contribution in [2.75, 3.05) is 0 Å². The number of hydrogen-bond donors (Lipinski definition) is 2. The molecule has 0 radical (unpaired) electrons. The number of halogens is 1. The van der Waals surface area contributed by atoms with E-state index in [1.807, 2.05) is 0 Å². The highest BCUT2D eigenvalue weighted by molar-refractivity contribution is 14.0. The molecular weight excluding hydrogens is 407 g/mol. The zero-order valence-corrected chi connectivity index (χ0v) is 17.0. The van der Waals surface area contributed by atoms with Crippen LogP contribution in [0.15, 0.2) is 10.4 Å². The summed E-state index contributed by atoms with van der Waals surface area (Å²) in [7, 11) is 0. The third-order valence-electron chi connectivity index (χ3n) is 3.81. The largest absolute Gasteiger partial charge is 0.370 e. The van der Waals surface area contributed by atoms with Crippen LogP contribution in [0.4, 0.5) is 0 Å². The Balaban J connectivity index is 0.00000242. The Hall–Kier alpha value is -0.370. The SMILES string of the molecule is CC(C)(C)c1nc(CN=C(N)NC2CCCCCC2)cs1.I. The smallest absolute Gasteiger partial charge is 0.189 e. The van der Waals surface area contributed by atoms with Crippen molar-refractivity contribution in [3.05, 3.63) is 16.1 Å². The van der Waals surface area contributed by atoms with Gasteiger partial charge in [0.05, 0.1) is 17.2 Å². The van der Waals surface area contributed by atoms with Gasteiger partial charge in [-0.1, -0.05) is 46.5 Å². The molecule has 1 saturated carbocycles. The van der Waals surface area contributed by atoms with Crippen LogP contribution in [0.1, 0.15) is 70.0 Å². The number of nitrogens with one attached hydrogen (secondary N) is 1. The van der Waals surface area contributed by atoms with Crippen molar-refractivity contribution in [3.8, 4) is 0 Å². The fraction of sp³-hybridized carbons (Fsp3) is 0.750. The van der Waals surface area contributed by atoms with Crippen LogP contribution in [0.3, 0.4) is 0 Å². The molecule has 0 atom stereocenters. The molecule has 0 aromatic carbocycles. The molecule has 0 unspecified atom stereocenters. The number of aliphatic imine (C=N–C) groups is 1. The van der Waals surface area contributed by atoms with Gasteiger partial charge in [-0.25, -0.2) is 9.98 Å². The van der Waals surface area contributed by atoms with E-state index in [-0.39, 0.29) is 29.4 Å². The van der Waals surface area contributed by atoms with Crippen LogP contribution < -0.4 is 11.1 Å². The Labute approximate surface area is 155 Å². The third kappa shape index (κ3) is 6.40. The second-order valence-corrected chi connectivity index (χ2v) is 7.79. The number of hydrogen-bond acceptors (Lipinski definition) is 3. The van der Waals surface area contributed by atoms with Crippen molar-refractivity contribution in [2.45, 2.75) is 77.3 Å².